The first-order valence-electron chi connectivity index (χ1n) is 6.04. The molecule has 110 valence electrons. The van der Waals surface area contributed by atoms with E-state index in [4.69, 9.17) is 0 Å². The van der Waals surface area contributed by atoms with Gasteiger partial charge in [0.2, 0.25) is 5.82 Å². The van der Waals surface area contributed by atoms with Crippen LogP contribution in [0, 0.1) is 27.6 Å². The SMILES string of the molecule is CC(Nc1ccc(F)c([N+](=O)[O-])c1)c1c(F)cccc1F. The average Bonchev–Trinajstić information content (AvgIpc) is 2.40. The fourth-order valence-electron chi connectivity index (χ4n) is 1.99. The van der Waals surface area contributed by atoms with Crippen molar-refractivity contribution in [3.8, 4) is 0 Å². The number of nitrogens with zero attached hydrogens (tertiary/aromatic N) is 1. The molecule has 0 amide bonds. The van der Waals surface area contributed by atoms with E-state index >= 15 is 0 Å². The highest BCUT2D eigenvalue weighted by Gasteiger charge is 2.18. The summed E-state index contributed by atoms with van der Waals surface area (Å²) in [6.45, 7) is 1.50. The Morgan fingerprint density at radius 1 is 1.10 bits per heavy atom. The third kappa shape index (κ3) is 3.13. The molecule has 0 aliphatic carbocycles. The zero-order valence-electron chi connectivity index (χ0n) is 10.9. The minimum atomic E-state index is -0.977. The van der Waals surface area contributed by atoms with E-state index in [-0.39, 0.29) is 11.3 Å². The summed E-state index contributed by atoms with van der Waals surface area (Å²) in [7, 11) is 0. The summed E-state index contributed by atoms with van der Waals surface area (Å²) < 4.78 is 40.5. The number of hydrogen-bond donors (Lipinski definition) is 1. The van der Waals surface area contributed by atoms with Gasteiger partial charge in [-0.2, -0.15) is 4.39 Å². The Hall–Kier alpha value is -2.57. The Labute approximate surface area is 118 Å². The van der Waals surface area contributed by atoms with Gasteiger partial charge in [0.15, 0.2) is 0 Å². The lowest BCUT2D eigenvalue weighted by Gasteiger charge is -2.17. The van der Waals surface area contributed by atoms with Gasteiger partial charge in [0.1, 0.15) is 11.6 Å². The van der Waals surface area contributed by atoms with E-state index in [0.717, 1.165) is 24.3 Å². The van der Waals surface area contributed by atoms with Gasteiger partial charge in [0, 0.05) is 17.3 Å². The maximum Gasteiger partial charge on any atom is 0.306 e. The summed E-state index contributed by atoms with van der Waals surface area (Å²) in [5.41, 5.74) is -0.705. The number of halogens is 3. The Morgan fingerprint density at radius 3 is 2.29 bits per heavy atom. The van der Waals surface area contributed by atoms with Gasteiger partial charge < -0.3 is 5.32 Å². The van der Waals surface area contributed by atoms with Crippen molar-refractivity contribution >= 4 is 11.4 Å². The smallest absolute Gasteiger partial charge is 0.306 e. The van der Waals surface area contributed by atoms with Crippen molar-refractivity contribution in [2.75, 3.05) is 5.32 Å². The molecular weight excluding hydrogens is 285 g/mol. The highest BCUT2D eigenvalue weighted by molar-refractivity contribution is 5.53. The summed E-state index contributed by atoms with van der Waals surface area (Å²) >= 11 is 0. The molecule has 1 unspecified atom stereocenters. The summed E-state index contributed by atoms with van der Waals surface area (Å²) in [6.07, 6.45) is 0. The van der Waals surface area contributed by atoms with E-state index in [1.165, 1.54) is 19.1 Å². The summed E-state index contributed by atoms with van der Waals surface area (Å²) in [6, 6.07) is 5.85. The Kier molecular flexibility index (Phi) is 4.11. The second-order valence-electron chi connectivity index (χ2n) is 4.42. The number of nitro benzene ring substituents is 1. The van der Waals surface area contributed by atoms with Crippen LogP contribution in [0.5, 0.6) is 0 Å². The van der Waals surface area contributed by atoms with Crippen LogP contribution in [0.25, 0.3) is 0 Å². The van der Waals surface area contributed by atoms with Crippen molar-refractivity contribution in [3.63, 3.8) is 0 Å². The van der Waals surface area contributed by atoms with Crippen molar-refractivity contribution in [1.29, 1.82) is 0 Å². The van der Waals surface area contributed by atoms with E-state index in [2.05, 4.69) is 5.32 Å². The summed E-state index contributed by atoms with van der Waals surface area (Å²) in [4.78, 5) is 9.79. The van der Waals surface area contributed by atoms with Gasteiger partial charge in [-0.1, -0.05) is 6.07 Å². The van der Waals surface area contributed by atoms with Gasteiger partial charge in [-0.25, -0.2) is 8.78 Å². The molecular formula is C14H11F3N2O2. The molecule has 21 heavy (non-hydrogen) atoms. The Bertz CT molecular complexity index is 672. The first-order chi connectivity index (χ1) is 9.90. The molecule has 0 saturated heterocycles. The van der Waals surface area contributed by atoms with E-state index in [1.807, 2.05) is 0 Å². The molecule has 0 heterocycles. The molecule has 0 fully saturated rings. The molecule has 0 saturated carbocycles. The topological polar surface area (TPSA) is 55.2 Å². The van der Waals surface area contributed by atoms with E-state index in [9.17, 15) is 23.3 Å². The van der Waals surface area contributed by atoms with Gasteiger partial charge in [0.05, 0.1) is 11.0 Å². The van der Waals surface area contributed by atoms with Crippen LogP contribution in [0.2, 0.25) is 0 Å². The standard InChI is InChI=1S/C14H11F3N2O2/c1-8(14-11(16)3-2-4-12(14)17)18-9-5-6-10(15)13(7-9)19(20)21/h2-8,18H,1H3. The molecule has 4 nitrogen and oxygen atoms in total. The summed E-state index contributed by atoms with van der Waals surface area (Å²) in [5.74, 6) is -2.44. The molecule has 0 bridgehead atoms. The third-order valence-electron chi connectivity index (χ3n) is 2.96. The van der Waals surface area contributed by atoms with Crippen LogP contribution >= 0.6 is 0 Å². The molecule has 2 rings (SSSR count). The quantitative estimate of drug-likeness (QED) is 0.680. The maximum absolute atomic E-state index is 13.6. The summed E-state index contributed by atoms with van der Waals surface area (Å²) in [5, 5.41) is 13.4. The lowest BCUT2D eigenvalue weighted by molar-refractivity contribution is -0.387. The van der Waals surface area contributed by atoms with Crippen LogP contribution in [-0.4, -0.2) is 4.92 Å². The van der Waals surface area contributed by atoms with E-state index in [1.54, 1.807) is 0 Å². The third-order valence-corrected chi connectivity index (χ3v) is 2.96. The molecule has 0 aliphatic rings. The number of anilines is 1. The first kappa shape index (κ1) is 14.8. The van der Waals surface area contributed by atoms with Crippen LogP contribution < -0.4 is 5.32 Å². The van der Waals surface area contributed by atoms with E-state index in [0.29, 0.717) is 0 Å². The number of nitrogens with one attached hydrogen (secondary N) is 1. The molecule has 0 spiro atoms. The van der Waals surface area contributed by atoms with Gasteiger partial charge in [0.25, 0.3) is 0 Å². The van der Waals surface area contributed by atoms with Gasteiger partial charge in [-0.15, -0.1) is 0 Å². The molecule has 0 aliphatic heterocycles. The fourth-order valence-corrected chi connectivity index (χ4v) is 1.99. The highest BCUT2D eigenvalue weighted by atomic mass is 19.1. The predicted molar refractivity (Wildman–Crippen MR) is 71.5 cm³/mol. The zero-order chi connectivity index (χ0) is 15.6. The molecule has 0 aromatic heterocycles. The first-order valence-corrected chi connectivity index (χ1v) is 6.04. The molecule has 2 aromatic rings. The lowest BCUT2D eigenvalue weighted by Crippen LogP contribution is -2.11. The Balaban J connectivity index is 2.30. The van der Waals surface area contributed by atoms with E-state index < -0.39 is 34.1 Å². The molecule has 1 atom stereocenters. The second-order valence-corrected chi connectivity index (χ2v) is 4.42. The lowest BCUT2D eigenvalue weighted by atomic mass is 10.1. The van der Waals surface area contributed by atoms with Crippen molar-refractivity contribution in [1.82, 2.24) is 0 Å². The highest BCUT2D eigenvalue weighted by Crippen LogP contribution is 2.27. The average molecular weight is 296 g/mol. The molecule has 0 radical (unpaired) electrons. The molecule has 7 heteroatoms. The number of nitro groups is 1. The number of benzene rings is 2. The van der Waals surface area contributed by atoms with Gasteiger partial charge in [-0.05, 0) is 31.2 Å². The van der Waals surface area contributed by atoms with Crippen LogP contribution in [0.15, 0.2) is 36.4 Å². The molecule has 2 aromatic carbocycles. The van der Waals surface area contributed by atoms with Gasteiger partial charge >= 0.3 is 5.69 Å². The number of rotatable bonds is 4. The monoisotopic (exact) mass is 296 g/mol. The van der Waals surface area contributed by atoms with Crippen LogP contribution in [-0.2, 0) is 0 Å². The van der Waals surface area contributed by atoms with Crippen molar-refractivity contribution < 1.29 is 18.1 Å². The van der Waals surface area contributed by atoms with Crippen LogP contribution in [0.1, 0.15) is 18.5 Å². The zero-order valence-corrected chi connectivity index (χ0v) is 10.9. The number of hydrogen-bond acceptors (Lipinski definition) is 3. The second kappa shape index (κ2) is 5.82. The molecule has 1 N–H and O–H groups in total. The minimum Gasteiger partial charge on any atom is -0.378 e. The largest absolute Gasteiger partial charge is 0.378 e. The predicted octanol–water partition coefficient (Wildman–Crippen LogP) is 4.19. The van der Waals surface area contributed by atoms with Crippen molar-refractivity contribution in [2.45, 2.75) is 13.0 Å². The Morgan fingerprint density at radius 2 is 1.71 bits per heavy atom. The van der Waals surface area contributed by atoms with Crippen LogP contribution in [0.3, 0.4) is 0 Å². The van der Waals surface area contributed by atoms with Gasteiger partial charge in [-0.3, -0.25) is 10.1 Å². The van der Waals surface area contributed by atoms with Crippen LogP contribution in [0.4, 0.5) is 24.5 Å². The minimum absolute atomic E-state index is 0.190. The van der Waals surface area contributed by atoms with Crippen molar-refractivity contribution in [2.24, 2.45) is 0 Å². The van der Waals surface area contributed by atoms with Crippen molar-refractivity contribution in [3.05, 3.63) is 69.5 Å². The fraction of sp³-hybridized carbons (Fsp3) is 0.143. The normalized spacial score (nSPS) is 12.0. The maximum atomic E-state index is 13.6.